The van der Waals surface area contributed by atoms with Crippen LogP contribution in [0.15, 0.2) is 48.5 Å². The molecule has 2 amide bonds. The lowest BCUT2D eigenvalue weighted by Crippen LogP contribution is -2.38. The number of carbonyl (C=O) groups is 2. The van der Waals surface area contributed by atoms with E-state index in [0.29, 0.717) is 13.0 Å². The molecule has 0 fully saturated rings. The lowest BCUT2D eigenvalue weighted by molar-refractivity contribution is -0.125. The van der Waals surface area contributed by atoms with Crippen molar-refractivity contribution in [3.05, 3.63) is 59.7 Å². The van der Waals surface area contributed by atoms with Crippen molar-refractivity contribution in [3.8, 4) is 11.5 Å². The summed E-state index contributed by atoms with van der Waals surface area (Å²) in [6, 6.07) is 13.8. The maximum absolute atomic E-state index is 11.7. The van der Waals surface area contributed by atoms with Crippen molar-refractivity contribution in [2.45, 2.75) is 12.8 Å². The third-order valence-corrected chi connectivity index (χ3v) is 3.43. The zero-order valence-electron chi connectivity index (χ0n) is 13.2. The molecule has 0 aromatic heterocycles. The van der Waals surface area contributed by atoms with Gasteiger partial charge in [-0.2, -0.15) is 0 Å². The molecule has 4 N–H and O–H groups in total. The Balaban J connectivity index is 1.66. The molecule has 6 nitrogen and oxygen atoms in total. The van der Waals surface area contributed by atoms with E-state index in [1.165, 1.54) is 12.1 Å². The highest BCUT2D eigenvalue weighted by molar-refractivity contribution is 5.85. The van der Waals surface area contributed by atoms with E-state index in [1.54, 1.807) is 6.07 Å². The Hall–Kier alpha value is -3.02. The number of hydrogen-bond donors (Lipinski definition) is 4. The molecule has 0 radical (unpaired) electrons. The molecule has 0 spiro atoms. The van der Waals surface area contributed by atoms with Gasteiger partial charge < -0.3 is 20.8 Å². The highest BCUT2D eigenvalue weighted by Gasteiger charge is 2.06. The molecule has 0 saturated carbocycles. The second-order valence-corrected chi connectivity index (χ2v) is 5.36. The number of benzene rings is 2. The summed E-state index contributed by atoms with van der Waals surface area (Å²) in [6.07, 6.45) is 0.748. The Morgan fingerprint density at radius 1 is 0.833 bits per heavy atom. The van der Waals surface area contributed by atoms with Gasteiger partial charge in [0.15, 0.2) is 11.5 Å². The van der Waals surface area contributed by atoms with Crippen molar-refractivity contribution in [1.29, 1.82) is 0 Å². The average molecular weight is 328 g/mol. The normalized spacial score (nSPS) is 10.2. The summed E-state index contributed by atoms with van der Waals surface area (Å²) < 4.78 is 0. The SMILES string of the molecule is O=C(CNC(=O)Cc1ccccc1)NCCc1ccc(O)c(O)c1. The van der Waals surface area contributed by atoms with Crippen LogP contribution in [0.25, 0.3) is 0 Å². The van der Waals surface area contributed by atoms with Gasteiger partial charge in [-0.15, -0.1) is 0 Å². The van der Waals surface area contributed by atoms with Crippen LogP contribution in [0.3, 0.4) is 0 Å². The second-order valence-electron chi connectivity index (χ2n) is 5.36. The molecule has 2 aromatic rings. The van der Waals surface area contributed by atoms with Gasteiger partial charge in [0.2, 0.25) is 11.8 Å². The fourth-order valence-corrected chi connectivity index (χ4v) is 2.16. The largest absolute Gasteiger partial charge is 0.504 e. The fourth-order valence-electron chi connectivity index (χ4n) is 2.16. The lowest BCUT2D eigenvalue weighted by atomic mass is 10.1. The van der Waals surface area contributed by atoms with Crippen LogP contribution in [0.2, 0.25) is 0 Å². The van der Waals surface area contributed by atoms with Crippen LogP contribution in [-0.2, 0) is 22.4 Å². The highest BCUT2D eigenvalue weighted by atomic mass is 16.3. The van der Waals surface area contributed by atoms with Gasteiger partial charge >= 0.3 is 0 Å². The Kier molecular flexibility index (Phi) is 6.19. The van der Waals surface area contributed by atoms with E-state index in [-0.39, 0.29) is 36.3 Å². The van der Waals surface area contributed by atoms with E-state index in [4.69, 9.17) is 0 Å². The molecule has 2 aromatic carbocycles. The van der Waals surface area contributed by atoms with Crippen molar-refractivity contribution >= 4 is 11.8 Å². The molecular formula is C18H20N2O4. The van der Waals surface area contributed by atoms with E-state index >= 15 is 0 Å². The molecule has 0 heterocycles. The average Bonchev–Trinajstić information content (AvgIpc) is 2.57. The Morgan fingerprint density at radius 2 is 1.58 bits per heavy atom. The zero-order chi connectivity index (χ0) is 17.4. The first-order chi connectivity index (χ1) is 11.5. The van der Waals surface area contributed by atoms with Crippen LogP contribution < -0.4 is 10.6 Å². The van der Waals surface area contributed by atoms with Gasteiger partial charge in [0.25, 0.3) is 0 Å². The number of phenols is 2. The third-order valence-electron chi connectivity index (χ3n) is 3.43. The Bertz CT molecular complexity index is 701. The van der Waals surface area contributed by atoms with E-state index < -0.39 is 0 Å². The summed E-state index contributed by atoms with van der Waals surface area (Å²) in [5.41, 5.74) is 1.68. The van der Waals surface area contributed by atoms with Crippen LogP contribution in [0, 0.1) is 0 Å². The molecule has 0 bridgehead atoms. The second kappa shape index (κ2) is 8.57. The number of phenolic OH excluding ortho intramolecular Hbond substituents is 2. The number of rotatable bonds is 7. The quantitative estimate of drug-likeness (QED) is 0.572. The van der Waals surface area contributed by atoms with Crippen LogP contribution in [0.4, 0.5) is 0 Å². The first-order valence-electron chi connectivity index (χ1n) is 7.63. The molecule has 0 atom stereocenters. The summed E-state index contributed by atoms with van der Waals surface area (Å²) in [7, 11) is 0. The van der Waals surface area contributed by atoms with Crippen LogP contribution in [-0.4, -0.2) is 35.1 Å². The molecule has 24 heavy (non-hydrogen) atoms. The third kappa shape index (κ3) is 5.64. The molecule has 2 rings (SSSR count). The number of carbonyl (C=O) groups excluding carboxylic acids is 2. The monoisotopic (exact) mass is 328 g/mol. The van der Waals surface area contributed by atoms with Gasteiger partial charge in [-0.1, -0.05) is 36.4 Å². The van der Waals surface area contributed by atoms with Crippen molar-refractivity contribution in [3.63, 3.8) is 0 Å². The lowest BCUT2D eigenvalue weighted by Gasteiger charge is -2.08. The highest BCUT2D eigenvalue weighted by Crippen LogP contribution is 2.24. The minimum atomic E-state index is -0.278. The van der Waals surface area contributed by atoms with Crippen LogP contribution >= 0.6 is 0 Å². The number of amides is 2. The van der Waals surface area contributed by atoms with Gasteiger partial charge in [-0.3, -0.25) is 9.59 Å². The van der Waals surface area contributed by atoms with Gasteiger partial charge in [0.1, 0.15) is 0 Å². The topological polar surface area (TPSA) is 98.7 Å². The minimum Gasteiger partial charge on any atom is -0.504 e. The fraction of sp³-hybridized carbons (Fsp3) is 0.222. The maximum Gasteiger partial charge on any atom is 0.239 e. The molecule has 0 aliphatic heterocycles. The van der Waals surface area contributed by atoms with Crippen molar-refractivity contribution in [2.24, 2.45) is 0 Å². The van der Waals surface area contributed by atoms with Gasteiger partial charge in [-0.25, -0.2) is 0 Å². The van der Waals surface area contributed by atoms with E-state index in [2.05, 4.69) is 10.6 Å². The van der Waals surface area contributed by atoms with Crippen molar-refractivity contribution in [2.75, 3.05) is 13.1 Å². The summed E-state index contributed by atoms with van der Waals surface area (Å²) in [6.45, 7) is 0.296. The Morgan fingerprint density at radius 3 is 2.29 bits per heavy atom. The summed E-state index contributed by atoms with van der Waals surface area (Å²) in [5, 5.41) is 23.9. The summed E-state index contributed by atoms with van der Waals surface area (Å²) in [4.78, 5) is 23.4. The predicted octanol–water partition coefficient (Wildman–Crippen LogP) is 1.12. The van der Waals surface area contributed by atoms with Crippen LogP contribution in [0.1, 0.15) is 11.1 Å². The molecule has 0 aliphatic rings. The van der Waals surface area contributed by atoms with Gasteiger partial charge in [0, 0.05) is 6.54 Å². The number of aromatic hydroxyl groups is 2. The predicted molar refractivity (Wildman–Crippen MR) is 89.6 cm³/mol. The summed E-state index contributed by atoms with van der Waals surface area (Å²) >= 11 is 0. The molecule has 0 unspecified atom stereocenters. The molecule has 0 aliphatic carbocycles. The Labute approximate surface area is 140 Å². The first-order valence-corrected chi connectivity index (χ1v) is 7.63. The minimum absolute atomic E-state index is 0.0769. The van der Waals surface area contributed by atoms with E-state index in [9.17, 15) is 19.8 Å². The molecule has 0 saturated heterocycles. The van der Waals surface area contributed by atoms with E-state index in [0.717, 1.165) is 11.1 Å². The molecular weight excluding hydrogens is 308 g/mol. The molecule has 6 heteroatoms. The number of hydrogen-bond acceptors (Lipinski definition) is 4. The van der Waals surface area contributed by atoms with Crippen LogP contribution in [0.5, 0.6) is 11.5 Å². The van der Waals surface area contributed by atoms with E-state index in [1.807, 2.05) is 30.3 Å². The standard InChI is InChI=1S/C18H20N2O4/c21-15-7-6-14(10-16(15)22)8-9-19-18(24)12-20-17(23)11-13-4-2-1-3-5-13/h1-7,10,21-22H,8-9,11-12H2,(H,19,24)(H,20,23). The molecule has 126 valence electrons. The zero-order valence-corrected chi connectivity index (χ0v) is 13.2. The van der Waals surface area contributed by atoms with Gasteiger partial charge in [-0.05, 0) is 29.7 Å². The maximum atomic E-state index is 11.7. The number of nitrogens with one attached hydrogen (secondary N) is 2. The van der Waals surface area contributed by atoms with Crippen molar-refractivity contribution < 1.29 is 19.8 Å². The summed E-state index contributed by atoms with van der Waals surface area (Å²) in [5.74, 6) is -0.852. The first kappa shape index (κ1) is 17.3. The van der Waals surface area contributed by atoms with Crippen molar-refractivity contribution in [1.82, 2.24) is 10.6 Å². The smallest absolute Gasteiger partial charge is 0.239 e. The van der Waals surface area contributed by atoms with Gasteiger partial charge in [0.05, 0.1) is 13.0 Å².